The van der Waals surface area contributed by atoms with Gasteiger partial charge in [-0.25, -0.2) is 9.78 Å². The van der Waals surface area contributed by atoms with E-state index in [1.54, 1.807) is 32.5 Å². The largest absolute Gasteiger partial charge is 0.497 e. The number of anilines is 1. The maximum Gasteiger partial charge on any atom is 0.320 e. The molecule has 0 aliphatic rings. The molecule has 3 aromatic rings. The summed E-state index contributed by atoms with van der Waals surface area (Å²) in [5.74, 6) is 2.00. The van der Waals surface area contributed by atoms with Gasteiger partial charge in [-0.1, -0.05) is 24.3 Å². The van der Waals surface area contributed by atoms with Gasteiger partial charge in [0.25, 0.3) is 0 Å². The van der Waals surface area contributed by atoms with Gasteiger partial charge in [0, 0.05) is 19.4 Å². The van der Waals surface area contributed by atoms with E-state index in [0.29, 0.717) is 23.0 Å². The molecular weight excluding hydrogens is 344 g/mol. The number of carbonyl (C=O) groups excluding carboxylic acids is 1. The molecule has 2 aromatic carbocycles. The average Bonchev–Trinajstić information content (AvgIpc) is 3.12. The molecule has 7 nitrogen and oxygen atoms in total. The molecule has 0 aliphatic carbocycles. The number of nitrogens with zero attached hydrogens (tertiary/aromatic N) is 2. The molecule has 0 aliphatic heterocycles. The van der Waals surface area contributed by atoms with E-state index in [4.69, 9.17) is 9.47 Å². The normalized spacial score (nSPS) is 11.5. The van der Waals surface area contributed by atoms with Crippen LogP contribution in [0.2, 0.25) is 0 Å². The van der Waals surface area contributed by atoms with Crippen LogP contribution < -0.4 is 20.1 Å². The van der Waals surface area contributed by atoms with Crippen LogP contribution in [-0.2, 0) is 7.05 Å². The molecule has 2 N–H and O–H groups in total. The second-order valence-electron chi connectivity index (χ2n) is 5.90. The number of hydrogen-bond acceptors (Lipinski definition) is 4. The molecule has 2 amide bonds. The average molecular weight is 366 g/mol. The fourth-order valence-electron chi connectivity index (χ4n) is 2.81. The fourth-order valence-corrected chi connectivity index (χ4v) is 2.81. The highest BCUT2D eigenvalue weighted by atomic mass is 16.5. The van der Waals surface area contributed by atoms with Crippen molar-refractivity contribution in [1.29, 1.82) is 0 Å². The van der Waals surface area contributed by atoms with E-state index in [-0.39, 0.29) is 6.03 Å². The number of carbonyl (C=O) groups is 1. The van der Waals surface area contributed by atoms with Gasteiger partial charge in [-0.15, -0.1) is 0 Å². The Kier molecular flexibility index (Phi) is 5.61. The van der Waals surface area contributed by atoms with Gasteiger partial charge in [-0.2, -0.15) is 0 Å². The minimum absolute atomic E-state index is 0.365. The van der Waals surface area contributed by atoms with Gasteiger partial charge < -0.3 is 24.7 Å². The van der Waals surface area contributed by atoms with Crippen LogP contribution >= 0.6 is 0 Å². The Labute approximate surface area is 157 Å². The van der Waals surface area contributed by atoms with E-state index >= 15 is 0 Å². The van der Waals surface area contributed by atoms with E-state index in [0.717, 1.165) is 5.56 Å². The minimum Gasteiger partial charge on any atom is -0.497 e. The molecule has 1 heterocycles. The number of rotatable bonds is 6. The molecule has 1 unspecified atom stereocenters. The zero-order valence-corrected chi connectivity index (χ0v) is 15.5. The van der Waals surface area contributed by atoms with Crippen molar-refractivity contribution in [2.75, 3.05) is 19.5 Å². The van der Waals surface area contributed by atoms with Crippen molar-refractivity contribution in [2.45, 2.75) is 6.04 Å². The van der Waals surface area contributed by atoms with Crippen molar-refractivity contribution in [3.8, 4) is 11.5 Å². The van der Waals surface area contributed by atoms with Gasteiger partial charge in [0.15, 0.2) is 0 Å². The van der Waals surface area contributed by atoms with Gasteiger partial charge in [0.05, 0.1) is 19.9 Å². The fraction of sp³-hybridized carbons (Fsp3) is 0.200. The molecule has 140 valence electrons. The zero-order valence-electron chi connectivity index (χ0n) is 15.5. The Hall–Kier alpha value is -3.48. The number of urea groups is 1. The number of methoxy groups -OCH3 is 2. The lowest BCUT2D eigenvalue weighted by molar-refractivity contribution is 0.249. The summed E-state index contributed by atoms with van der Waals surface area (Å²) in [6.07, 6.45) is 3.53. The van der Waals surface area contributed by atoms with E-state index in [2.05, 4.69) is 15.6 Å². The number of ether oxygens (including phenoxy) is 2. The monoisotopic (exact) mass is 366 g/mol. The van der Waals surface area contributed by atoms with Crippen molar-refractivity contribution in [3.63, 3.8) is 0 Å². The molecule has 0 saturated heterocycles. The summed E-state index contributed by atoms with van der Waals surface area (Å²) < 4.78 is 12.5. The SMILES string of the molecule is COc1cccc(C(NC(=O)Nc2ccccc2OC)c2nccn2C)c1. The molecular formula is C20H22N4O3. The zero-order chi connectivity index (χ0) is 19.2. The molecule has 0 bridgehead atoms. The summed E-state index contributed by atoms with van der Waals surface area (Å²) in [6, 6.07) is 14.0. The molecule has 0 spiro atoms. The lowest BCUT2D eigenvalue weighted by atomic mass is 10.1. The predicted molar refractivity (Wildman–Crippen MR) is 103 cm³/mol. The van der Waals surface area contributed by atoms with Crippen molar-refractivity contribution in [1.82, 2.24) is 14.9 Å². The lowest BCUT2D eigenvalue weighted by Crippen LogP contribution is -2.34. The van der Waals surface area contributed by atoms with E-state index in [1.165, 1.54) is 0 Å². The molecule has 1 aromatic heterocycles. The van der Waals surface area contributed by atoms with Gasteiger partial charge in [0.1, 0.15) is 23.4 Å². The van der Waals surface area contributed by atoms with Crippen LogP contribution in [-0.4, -0.2) is 29.8 Å². The Bertz CT molecular complexity index is 923. The predicted octanol–water partition coefficient (Wildman–Crippen LogP) is 3.35. The van der Waals surface area contributed by atoms with Crippen LogP contribution in [0.5, 0.6) is 11.5 Å². The first-order valence-corrected chi connectivity index (χ1v) is 8.44. The van der Waals surface area contributed by atoms with Crippen LogP contribution in [0.4, 0.5) is 10.5 Å². The van der Waals surface area contributed by atoms with Crippen LogP contribution in [0.25, 0.3) is 0 Å². The summed E-state index contributed by atoms with van der Waals surface area (Å²) >= 11 is 0. The number of hydrogen-bond donors (Lipinski definition) is 2. The molecule has 1 atom stereocenters. The Morgan fingerprint density at radius 1 is 1.11 bits per heavy atom. The van der Waals surface area contributed by atoms with Gasteiger partial charge in [0.2, 0.25) is 0 Å². The second-order valence-corrected chi connectivity index (χ2v) is 5.90. The topological polar surface area (TPSA) is 77.4 Å². The van der Waals surface area contributed by atoms with Gasteiger partial charge in [-0.3, -0.25) is 0 Å². The van der Waals surface area contributed by atoms with Crippen molar-refractivity contribution in [3.05, 3.63) is 72.3 Å². The van der Waals surface area contributed by atoms with Crippen LogP contribution in [0.1, 0.15) is 17.4 Å². The highest BCUT2D eigenvalue weighted by Gasteiger charge is 2.21. The third kappa shape index (κ3) is 4.20. The number of benzene rings is 2. The van der Waals surface area contributed by atoms with Crippen molar-refractivity contribution >= 4 is 11.7 Å². The van der Waals surface area contributed by atoms with Crippen molar-refractivity contribution < 1.29 is 14.3 Å². The molecule has 0 fully saturated rings. The lowest BCUT2D eigenvalue weighted by Gasteiger charge is -2.20. The quantitative estimate of drug-likeness (QED) is 0.701. The standard InChI is InChI=1S/C20H22N4O3/c1-24-12-11-21-19(24)18(14-7-6-8-15(13-14)26-2)23-20(25)22-16-9-4-5-10-17(16)27-3/h4-13,18H,1-3H3,(H2,22,23,25). The number of para-hydroxylation sites is 2. The number of imidazole rings is 1. The highest BCUT2D eigenvalue weighted by Crippen LogP contribution is 2.26. The first-order valence-electron chi connectivity index (χ1n) is 8.44. The maximum atomic E-state index is 12.7. The molecule has 0 saturated carbocycles. The summed E-state index contributed by atoms with van der Waals surface area (Å²) in [7, 11) is 5.05. The summed E-state index contributed by atoms with van der Waals surface area (Å²) in [5.41, 5.74) is 1.44. The third-order valence-electron chi connectivity index (χ3n) is 4.17. The molecule has 0 radical (unpaired) electrons. The van der Waals surface area contributed by atoms with Gasteiger partial charge in [-0.05, 0) is 29.8 Å². The molecule has 3 rings (SSSR count). The first-order chi connectivity index (χ1) is 13.1. The van der Waals surface area contributed by atoms with Crippen molar-refractivity contribution in [2.24, 2.45) is 7.05 Å². The number of nitrogens with one attached hydrogen (secondary N) is 2. The third-order valence-corrected chi connectivity index (χ3v) is 4.17. The second kappa shape index (κ2) is 8.27. The first kappa shape index (κ1) is 18.3. The Balaban J connectivity index is 1.87. The van der Waals surface area contributed by atoms with E-state index in [1.807, 2.05) is 54.2 Å². The number of amides is 2. The summed E-state index contributed by atoms with van der Waals surface area (Å²) in [4.78, 5) is 17.1. The van der Waals surface area contributed by atoms with Crippen LogP contribution in [0.15, 0.2) is 60.9 Å². The minimum atomic E-state index is -0.449. The van der Waals surface area contributed by atoms with Gasteiger partial charge >= 0.3 is 6.03 Å². The number of aryl methyl sites for hydroxylation is 1. The Morgan fingerprint density at radius 3 is 2.63 bits per heavy atom. The van der Waals surface area contributed by atoms with Crippen LogP contribution in [0, 0.1) is 0 Å². The Morgan fingerprint density at radius 2 is 1.93 bits per heavy atom. The summed E-state index contributed by atoms with van der Waals surface area (Å²) in [6.45, 7) is 0. The molecule has 7 heteroatoms. The smallest absolute Gasteiger partial charge is 0.320 e. The summed E-state index contributed by atoms with van der Waals surface area (Å²) in [5, 5.41) is 5.81. The number of aromatic nitrogens is 2. The highest BCUT2D eigenvalue weighted by molar-refractivity contribution is 5.91. The molecule has 27 heavy (non-hydrogen) atoms. The van der Waals surface area contributed by atoms with E-state index < -0.39 is 6.04 Å². The van der Waals surface area contributed by atoms with E-state index in [9.17, 15) is 4.79 Å². The van der Waals surface area contributed by atoms with Crippen LogP contribution in [0.3, 0.4) is 0 Å². The maximum absolute atomic E-state index is 12.7.